The third-order valence-electron chi connectivity index (χ3n) is 1.20. The molecular formula is C8H8ClIO. The predicted octanol–water partition coefficient (Wildman–Crippen LogP) is 3.34. The Hall–Kier alpha value is 0.0400. The maximum atomic E-state index is 5.86. The van der Waals surface area contributed by atoms with Gasteiger partial charge in [0.2, 0.25) is 0 Å². The molecule has 0 aliphatic rings. The summed E-state index contributed by atoms with van der Waals surface area (Å²) in [5.41, 5.74) is 0. The molecule has 11 heavy (non-hydrogen) atoms. The van der Waals surface area contributed by atoms with Gasteiger partial charge in [0.25, 0.3) is 0 Å². The lowest BCUT2D eigenvalue weighted by molar-refractivity contribution is 0.340. The first kappa shape index (κ1) is 9.13. The van der Waals surface area contributed by atoms with E-state index >= 15 is 0 Å². The molecule has 1 nitrogen and oxygen atoms in total. The molecule has 0 saturated carbocycles. The van der Waals surface area contributed by atoms with E-state index in [-0.39, 0.29) is 0 Å². The van der Waals surface area contributed by atoms with Crippen molar-refractivity contribution in [2.75, 3.05) is 6.61 Å². The van der Waals surface area contributed by atoms with Crippen LogP contribution in [0.1, 0.15) is 6.92 Å². The van der Waals surface area contributed by atoms with Crippen molar-refractivity contribution in [1.29, 1.82) is 0 Å². The molecule has 60 valence electrons. The van der Waals surface area contributed by atoms with Crippen LogP contribution in [0.25, 0.3) is 0 Å². The lowest BCUT2D eigenvalue weighted by Gasteiger charge is -2.03. The van der Waals surface area contributed by atoms with Crippen LogP contribution < -0.4 is 4.74 Å². The maximum Gasteiger partial charge on any atom is 0.120 e. The van der Waals surface area contributed by atoms with Crippen molar-refractivity contribution in [1.82, 2.24) is 0 Å². The number of hydrogen-bond donors (Lipinski definition) is 0. The largest absolute Gasteiger partial charge is 0.494 e. The molecule has 0 fully saturated rings. The summed E-state index contributed by atoms with van der Waals surface area (Å²) in [6.45, 7) is 2.63. The molecule has 1 aromatic carbocycles. The minimum Gasteiger partial charge on any atom is -0.494 e. The first-order chi connectivity index (χ1) is 5.24. The van der Waals surface area contributed by atoms with E-state index in [1.807, 2.05) is 25.1 Å². The van der Waals surface area contributed by atoms with E-state index < -0.39 is 0 Å². The zero-order valence-electron chi connectivity index (χ0n) is 6.10. The maximum absolute atomic E-state index is 5.86. The highest BCUT2D eigenvalue weighted by molar-refractivity contribution is 14.1. The van der Waals surface area contributed by atoms with Crippen LogP contribution in [0.2, 0.25) is 5.02 Å². The second-order valence-corrected chi connectivity index (χ2v) is 3.58. The molecule has 0 aliphatic heterocycles. The van der Waals surface area contributed by atoms with Gasteiger partial charge in [0.15, 0.2) is 0 Å². The van der Waals surface area contributed by atoms with Crippen molar-refractivity contribution in [2.45, 2.75) is 6.92 Å². The van der Waals surface area contributed by atoms with Crippen molar-refractivity contribution >= 4 is 34.2 Å². The normalized spacial score (nSPS) is 9.73. The molecule has 0 aliphatic carbocycles. The van der Waals surface area contributed by atoms with E-state index in [1.165, 1.54) is 0 Å². The fraction of sp³-hybridized carbons (Fsp3) is 0.250. The van der Waals surface area contributed by atoms with Gasteiger partial charge in [-0.05, 0) is 47.7 Å². The van der Waals surface area contributed by atoms with Crippen LogP contribution in [0.5, 0.6) is 5.75 Å². The van der Waals surface area contributed by atoms with Crippen LogP contribution in [0.4, 0.5) is 0 Å². The summed E-state index contributed by atoms with van der Waals surface area (Å²) in [4.78, 5) is 0. The zero-order chi connectivity index (χ0) is 8.27. The van der Waals surface area contributed by atoms with E-state index in [4.69, 9.17) is 16.3 Å². The molecule has 0 saturated heterocycles. The third-order valence-corrected chi connectivity index (χ3v) is 2.77. The summed E-state index contributed by atoms with van der Waals surface area (Å²) in [5, 5.41) is 0.747. The summed E-state index contributed by atoms with van der Waals surface area (Å²) >= 11 is 8.04. The molecule has 0 radical (unpaired) electrons. The Bertz CT molecular complexity index is 250. The molecule has 0 aromatic heterocycles. The molecule has 0 atom stereocenters. The second-order valence-electron chi connectivity index (χ2n) is 2.01. The van der Waals surface area contributed by atoms with Crippen molar-refractivity contribution in [3.8, 4) is 5.75 Å². The smallest absolute Gasteiger partial charge is 0.120 e. The third kappa shape index (κ3) is 2.52. The van der Waals surface area contributed by atoms with Crippen LogP contribution in [0.15, 0.2) is 18.2 Å². The monoisotopic (exact) mass is 282 g/mol. The lowest BCUT2D eigenvalue weighted by atomic mass is 10.3. The quantitative estimate of drug-likeness (QED) is 0.756. The summed E-state index contributed by atoms with van der Waals surface area (Å²) in [5.74, 6) is 0.831. The minimum atomic E-state index is 0.678. The Kier molecular flexibility index (Phi) is 3.45. The molecule has 0 heterocycles. The minimum absolute atomic E-state index is 0.678. The van der Waals surface area contributed by atoms with Gasteiger partial charge < -0.3 is 4.74 Å². The highest BCUT2D eigenvalue weighted by atomic mass is 127. The number of hydrogen-bond acceptors (Lipinski definition) is 1. The fourth-order valence-corrected chi connectivity index (χ4v) is 1.24. The van der Waals surface area contributed by atoms with Crippen molar-refractivity contribution in [2.24, 2.45) is 0 Å². The number of ether oxygens (including phenoxy) is 1. The van der Waals surface area contributed by atoms with E-state index in [9.17, 15) is 0 Å². The first-order valence-electron chi connectivity index (χ1n) is 3.32. The Labute approximate surface area is 84.8 Å². The molecule has 1 aromatic rings. The highest BCUT2D eigenvalue weighted by Crippen LogP contribution is 2.23. The SMILES string of the molecule is CCOc1ccc(I)c(Cl)c1. The van der Waals surface area contributed by atoms with Crippen molar-refractivity contribution in [3.05, 3.63) is 26.8 Å². The van der Waals surface area contributed by atoms with Gasteiger partial charge in [-0.1, -0.05) is 11.6 Å². The summed E-state index contributed by atoms with van der Waals surface area (Å²) in [6.07, 6.45) is 0. The predicted molar refractivity (Wildman–Crippen MR) is 55.3 cm³/mol. The van der Waals surface area contributed by atoms with E-state index in [2.05, 4.69) is 22.6 Å². The van der Waals surface area contributed by atoms with Gasteiger partial charge in [-0.25, -0.2) is 0 Å². The average Bonchev–Trinajstić information content (AvgIpc) is 1.98. The van der Waals surface area contributed by atoms with E-state index in [1.54, 1.807) is 0 Å². The Morgan fingerprint density at radius 1 is 1.55 bits per heavy atom. The summed E-state index contributed by atoms with van der Waals surface area (Å²) < 4.78 is 6.30. The van der Waals surface area contributed by atoms with E-state index in [0.29, 0.717) is 6.61 Å². The van der Waals surface area contributed by atoms with Crippen LogP contribution in [0.3, 0.4) is 0 Å². The van der Waals surface area contributed by atoms with Gasteiger partial charge >= 0.3 is 0 Å². The molecule has 0 unspecified atom stereocenters. The van der Waals surface area contributed by atoms with E-state index in [0.717, 1.165) is 14.3 Å². The Morgan fingerprint density at radius 3 is 2.82 bits per heavy atom. The average molecular weight is 283 g/mol. The Balaban J connectivity index is 2.86. The highest BCUT2D eigenvalue weighted by Gasteiger charge is 1.97. The summed E-state index contributed by atoms with van der Waals surface area (Å²) in [7, 11) is 0. The molecular weight excluding hydrogens is 274 g/mol. The van der Waals surface area contributed by atoms with Gasteiger partial charge in [0.1, 0.15) is 5.75 Å². The first-order valence-corrected chi connectivity index (χ1v) is 4.77. The molecule has 0 spiro atoms. The Morgan fingerprint density at radius 2 is 2.27 bits per heavy atom. The van der Waals surface area contributed by atoms with Gasteiger partial charge in [-0.2, -0.15) is 0 Å². The molecule has 0 amide bonds. The number of halogens is 2. The van der Waals surface area contributed by atoms with Crippen LogP contribution >= 0.6 is 34.2 Å². The number of rotatable bonds is 2. The fourth-order valence-electron chi connectivity index (χ4n) is 0.733. The van der Waals surface area contributed by atoms with Crippen LogP contribution in [-0.2, 0) is 0 Å². The van der Waals surface area contributed by atoms with Gasteiger partial charge in [0.05, 0.1) is 11.6 Å². The number of benzene rings is 1. The summed E-state index contributed by atoms with van der Waals surface area (Å²) in [6, 6.07) is 5.68. The van der Waals surface area contributed by atoms with Gasteiger partial charge in [-0.15, -0.1) is 0 Å². The molecule has 0 bridgehead atoms. The second kappa shape index (κ2) is 4.16. The van der Waals surface area contributed by atoms with Crippen LogP contribution in [0, 0.1) is 3.57 Å². The molecule has 1 rings (SSSR count). The van der Waals surface area contributed by atoms with Gasteiger partial charge in [0, 0.05) is 3.57 Å². The van der Waals surface area contributed by atoms with Gasteiger partial charge in [-0.3, -0.25) is 0 Å². The van der Waals surface area contributed by atoms with Crippen molar-refractivity contribution in [3.63, 3.8) is 0 Å². The zero-order valence-corrected chi connectivity index (χ0v) is 9.02. The molecule has 0 N–H and O–H groups in total. The lowest BCUT2D eigenvalue weighted by Crippen LogP contribution is -1.90. The molecule has 3 heteroatoms. The standard InChI is InChI=1S/C8H8ClIO/c1-2-11-6-3-4-8(10)7(9)5-6/h3-5H,2H2,1H3. The van der Waals surface area contributed by atoms with Crippen molar-refractivity contribution < 1.29 is 4.74 Å². The van der Waals surface area contributed by atoms with Crippen LogP contribution in [-0.4, -0.2) is 6.61 Å². The topological polar surface area (TPSA) is 9.23 Å².